The number of aryl methyl sites for hydroxylation is 1. The molecule has 0 amide bonds. The molecule has 0 aromatic heterocycles. The van der Waals surface area contributed by atoms with E-state index in [1.165, 1.54) is 33.0 Å². The molecular formula is C22H26. The van der Waals surface area contributed by atoms with Crippen LogP contribution in [0.3, 0.4) is 0 Å². The van der Waals surface area contributed by atoms with Gasteiger partial charge in [0.05, 0.1) is 0 Å². The second-order valence-electron chi connectivity index (χ2n) is 5.84. The molecule has 22 heavy (non-hydrogen) atoms. The molecule has 0 saturated carbocycles. The largest absolute Gasteiger partial charge is 0.0683 e. The van der Waals surface area contributed by atoms with Crippen LogP contribution in [0.15, 0.2) is 60.7 Å². The van der Waals surface area contributed by atoms with Crippen LogP contribution in [0.1, 0.15) is 44.7 Å². The van der Waals surface area contributed by atoms with Crippen LogP contribution in [-0.4, -0.2) is 0 Å². The van der Waals surface area contributed by atoms with Crippen molar-refractivity contribution in [1.29, 1.82) is 0 Å². The van der Waals surface area contributed by atoms with E-state index in [1.54, 1.807) is 0 Å². The average Bonchev–Trinajstić information content (AvgIpc) is 2.56. The summed E-state index contributed by atoms with van der Waals surface area (Å²) in [5.41, 5.74) is 5.27. The summed E-state index contributed by atoms with van der Waals surface area (Å²) in [5.74, 6) is 0.580. The van der Waals surface area contributed by atoms with Crippen LogP contribution >= 0.6 is 0 Å². The number of hydrogen-bond donors (Lipinski definition) is 0. The molecule has 0 heteroatoms. The Morgan fingerprint density at radius 1 is 0.636 bits per heavy atom. The van der Waals surface area contributed by atoms with Gasteiger partial charge in [-0.2, -0.15) is 0 Å². The van der Waals surface area contributed by atoms with Crippen molar-refractivity contribution in [2.45, 2.75) is 40.5 Å². The molecule has 114 valence electrons. The van der Waals surface area contributed by atoms with Crippen molar-refractivity contribution in [2.24, 2.45) is 0 Å². The maximum Gasteiger partial charge on any atom is -0.0178 e. The second-order valence-corrected chi connectivity index (χ2v) is 5.84. The van der Waals surface area contributed by atoms with Gasteiger partial charge in [0, 0.05) is 0 Å². The van der Waals surface area contributed by atoms with Crippen LogP contribution < -0.4 is 0 Å². The van der Waals surface area contributed by atoms with Gasteiger partial charge >= 0.3 is 0 Å². The fourth-order valence-electron chi connectivity index (χ4n) is 2.55. The summed E-state index contributed by atoms with van der Waals surface area (Å²) < 4.78 is 0. The molecule has 0 nitrogen and oxygen atoms in total. The van der Waals surface area contributed by atoms with Crippen LogP contribution in [-0.2, 0) is 0 Å². The van der Waals surface area contributed by atoms with Gasteiger partial charge in [-0.25, -0.2) is 0 Å². The summed E-state index contributed by atoms with van der Waals surface area (Å²) >= 11 is 0. The molecule has 3 aromatic carbocycles. The minimum Gasteiger partial charge on any atom is -0.0683 e. The van der Waals surface area contributed by atoms with Crippen molar-refractivity contribution in [3.05, 3.63) is 71.8 Å². The topological polar surface area (TPSA) is 0 Å². The molecule has 0 atom stereocenters. The Kier molecular flexibility index (Phi) is 5.38. The van der Waals surface area contributed by atoms with Gasteiger partial charge < -0.3 is 0 Å². The maximum atomic E-state index is 2.30. The number of hydrogen-bond acceptors (Lipinski definition) is 0. The van der Waals surface area contributed by atoms with Crippen LogP contribution in [0.2, 0.25) is 0 Å². The molecule has 0 aliphatic carbocycles. The Morgan fingerprint density at radius 2 is 1.18 bits per heavy atom. The summed E-state index contributed by atoms with van der Waals surface area (Å²) in [4.78, 5) is 0. The van der Waals surface area contributed by atoms with E-state index in [-0.39, 0.29) is 0 Å². The van der Waals surface area contributed by atoms with Crippen LogP contribution in [0.25, 0.3) is 21.9 Å². The zero-order valence-corrected chi connectivity index (χ0v) is 14.4. The maximum absolute atomic E-state index is 2.30. The summed E-state index contributed by atoms with van der Waals surface area (Å²) in [6.45, 7) is 10.6. The predicted molar refractivity (Wildman–Crippen MR) is 99.6 cm³/mol. The zero-order valence-electron chi connectivity index (χ0n) is 14.4. The normalized spacial score (nSPS) is 10.5. The lowest BCUT2D eigenvalue weighted by Gasteiger charge is -2.09. The fourth-order valence-corrected chi connectivity index (χ4v) is 2.55. The standard InChI is InChI=1S/C20H20.C2H6/c1-14(2)17-8-9-20-13-18(10-11-19(20)12-17)16-6-4-15(3)5-7-16;1-2/h4-14H,1-3H3;1-2H3. The molecule has 0 bridgehead atoms. The molecule has 0 radical (unpaired) electrons. The minimum absolute atomic E-state index is 0.580. The lowest BCUT2D eigenvalue weighted by Crippen LogP contribution is -1.87. The van der Waals surface area contributed by atoms with E-state index in [0.717, 1.165) is 0 Å². The lowest BCUT2D eigenvalue weighted by molar-refractivity contribution is 0.869. The van der Waals surface area contributed by atoms with Gasteiger partial charge in [0.25, 0.3) is 0 Å². The molecule has 0 unspecified atom stereocenters. The lowest BCUT2D eigenvalue weighted by atomic mass is 9.96. The van der Waals surface area contributed by atoms with E-state index in [1.807, 2.05) is 13.8 Å². The molecule has 3 aromatic rings. The highest BCUT2D eigenvalue weighted by Gasteiger charge is 2.03. The first-order valence-corrected chi connectivity index (χ1v) is 8.24. The Bertz CT molecular complexity index is 734. The van der Waals surface area contributed by atoms with E-state index in [0.29, 0.717) is 5.92 Å². The van der Waals surface area contributed by atoms with Gasteiger partial charge in [-0.1, -0.05) is 87.9 Å². The number of rotatable bonds is 2. The van der Waals surface area contributed by atoms with Gasteiger partial charge in [0.1, 0.15) is 0 Å². The van der Waals surface area contributed by atoms with Crippen molar-refractivity contribution in [2.75, 3.05) is 0 Å². The molecule has 0 aliphatic rings. The third-order valence-corrected chi connectivity index (χ3v) is 3.92. The average molecular weight is 290 g/mol. The first-order chi connectivity index (χ1) is 10.6. The van der Waals surface area contributed by atoms with E-state index in [9.17, 15) is 0 Å². The van der Waals surface area contributed by atoms with E-state index < -0.39 is 0 Å². The molecule has 0 fully saturated rings. The molecule has 0 aliphatic heterocycles. The summed E-state index contributed by atoms with van der Waals surface area (Å²) in [6, 6.07) is 22.2. The molecule has 0 heterocycles. The summed E-state index contributed by atoms with van der Waals surface area (Å²) in [5, 5.41) is 2.64. The van der Waals surface area contributed by atoms with Crippen molar-refractivity contribution >= 4 is 10.8 Å². The molecule has 3 rings (SSSR count). The number of benzene rings is 3. The monoisotopic (exact) mass is 290 g/mol. The molecule has 0 N–H and O–H groups in total. The van der Waals surface area contributed by atoms with Crippen molar-refractivity contribution in [3.63, 3.8) is 0 Å². The zero-order chi connectivity index (χ0) is 16.1. The smallest absolute Gasteiger partial charge is 0.0178 e. The van der Waals surface area contributed by atoms with Crippen molar-refractivity contribution in [3.8, 4) is 11.1 Å². The van der Waals surface area contributed by atoms with Crippen molar-refractivity contribution in [1.82, 2.24) is 0 Å². The predicted octanol–water partition coefficient (Wildman–Crippen LogP) is 6.96. The third kappa shape index (κ3) is 3.57. The highest BCUT2D eigenvalue weighted by Crippen LogP contribution is 2.27. The first-order valence-electron chi connectivity index (χ1n) is 8.24. The van der Waals surface area contributed by atoms with Gasteiger partial charge in [-0.3, -0.25) is 0 Å². The molecular weight excluding hydrogens is 264 g/mol. The molecule has 0 saturated heterocycles. The van der Waals surface area contributed by atoms with Crippen LogP contribution in [0, 0.1) is 6.92 Å². The van der Waals surface area contributed by atoms with Crippen molar-refractivity contribution < 1.29 is 0 Å². The van der Waals surface area contributed by atoms with Crippen LogP contribution in [0.5, 0.6) is 0 Å². The Hall–Kier alpha value is -2.08. The Labute approximate surface area is 134 Å². The molecule has 0 spiro atoms. The Balaban J connectivity index is 0.000000847. The second kappa shape index (κ2) is 7.26. The Morgan fingerprint density at radius 3 is 1.82 bits per heavy atom. The van der Waals surface area contributed by atoms with Gasteiger partial charge in [-0.05, 0) is 46.4 Å². The quantitative estimate of drug-likeness (QED) is 0.478. The minimum atomic E-state index is 0.580. The summed E-state index contributed by atoms with van der Waals surface area (Å²) in [7, 11) is 0. The van der Waals surface area contributed by atoms with Gasteiger partial charge in [-0.15, -0.1) is 0 Å². The van der Waals surface area contributed by atoms with Crippen LogP contribution in [0.4, 0.5) is 0 Å². The summed E-state index contributed by atoms with van der Waals surface area (Å²) in [6.07, 6.45) is 0. The highest BCUT2D eigenvalue weighted by atomic mass is 14.1. The first kappa shape index (κ1) is 16.3. The fraction of sp³-hybridized carbons (Fsp3) is 0.273. The third-order valence-electron chi connectivity index (χ3n) is 3.92. The highest BCUT2D eigenvalue weighted by molar-refractivity contribution is 5.88. The van der Waals surface area contributed by atoms with E-state index in [4.69, 9.17) is 0 Å². The number of fused-ring (bicyclic) bond motifs is 1. The van der Waals surface area contributed by atoms with Gasteiger partial charge in [0.15, 0.2) is 0 Å². The SMILES string of the molecule is CC.Cc1ccc(-c2ccc3cc(C(C)C)ccc3c2)cc1. The van der Waals surface area contributed by atoms with Gasteiger partial charge in [0.2, 0.25) is 0 Å². The van der Waals surface area contributed by atoms with E-state index in [2.05, 4.69) is 81.4 Å². The van der Waals surface area contributed by atoms with E-state index >= 15 is 0 Å².